The van der Waals surface area contributed by atoms with Crippen molar-refractivity contribution in [3.05, 3.63) is 21.9 Å². The first-order chi connectivity index (χ1) is 9.06. The second-order valence-electron chi connectivity index (χ2n) is 5.19. The van der Waals surface area contributed by atoms with Gasteiger partial charge in [-0.05, 0) is 20.2 Å². The maximum absolute atomic E-state index is 11.0. The number of primary amides is 1. The van der Waals surface area contributed by atoms with E-state index in [1.807, 2.05) is 11.4 Å². The van der Waals surface area contributed by atoms with Crippen LogP contribution < -0.4 is 11.1 Å². The Hall–Kier alpha value is -0.950. The van der Waals surface area contributed by atoms with Crippen molar-refractivity contribution in [1.82, 2.24) is 15.1 Å². The molecule has 1 aliphatic rings. The highest BCUT2D eigenvalue weighted by Gasteiger charge is 2.21. The van der Waals surface area contributed by atoms with Gasteiger partial charge in [0.2, 0.25) is 5.91 Å². The highest BCUT2D eigenvalue weighted by molar-refractivity contribution is 7.10. The zero-order valence-corrected chi connectivity index (χ0v) is 12.4. The van der Waals surface area contributed by atoms with Gasteiger partial charge in [-0.2, -0.15) is 0 Å². The van der Waals surface area contributed by atoms with E-state index < -0.39 is 0 Å². The van der Waals surface area contributed by atoms with Crippen LogP contribution in [0.15, 0.2) is 11.4 Å². The summed E-state index contributed by atoms with van der Waals surface area (Å²) in [5.41, 5.74) is 5.85. The maximum atomic E-state index is 11.0. The van der Waals surface area contributed by atoms with Crippen LogP contribution in [0.4, 0.5) is 0 Å². The van der Waals surface area contributed by atoms with Gasteiger partial charge < -0.3 is 16.0 Å². The molecule has 0 aromatic carbocycles. The summed E-state index contributed by atoms with van der Waals surface area (Å²) < 4.78 is 0. The fraction of sp³-hybridized carbons (Fsp3) is 0.615. The average molecular weight is 282 g/mol. The molecule has 2 rings (SSSR count). The van der Waals surface area contributed by atoms with Crippen molar-refractivity contribution in [2.24, 2.45) is 5.73 Å². The van der Waals surface area contributed by atoms with Crippen molar-refractivity contribution in [2.45, 2.75) is 12.6 Å². The van der Waals surface area contributed by atoms with Gasteiger partial charge in [-0.25, -0.2) is 0 Å². The third kappa shape index (κ3) is 4.01. The first kappa shape index (κ1) is 14.5. The highest BCUT2D eigenvalue weighted by Crippen LogP contribution is 2.14. The Balaban J connectivity index is 1.77. The summed E-state index contributed by atoms with van der Waals surface area (Å²) in [5.74, 6) is -0.351. The Bertz CT molecular complexity index is 434. The fourth-order valence-corrected chi connectivity index (χ4v) is 3.13. The third-order valence-electron chi connectivity index (χ3n) is 3.60. The fourth-order valence-electron chi connectivity index (χ4n) is 2.29. The molecule has 1 fully saturated rings. The first-order valence-electron chi connectivity index (χ1n) is 6.53. The smallest absolute Gasteiger partial charge is 0.249 e. The van der Waals surface area contributed by atoms with Crippen molar-refractivity contribution >= 4 is 17.2 Å². The van der Waals surface area contributed by atoms with Gasteiger partial charge in [-0.15, -0.1) is 11.3 Å². The van der Waals surface area contributed by atoms with Crippen LogP contribution in [0.2, 0.25) is 0 Å². The molecule has 19 heavy (non-hydrogen) atoms. The molecule has 0 saturated carbocycles. The van der Waals surface area contributed by atoms with E-state index in [0.29, 0.717) is 11.6 Å². The molecule has 5 nitrogen and oxygen atoms in total. The van der Waals surface area contributed by atoms with Gasteiger partial charge in [0.25, 0.3) is 0 Å². The minimum Gasteiger partial charge on any atom is -0.366 e. The summed E-state index contributed by atoms with van der Waals surface area (Å²) in [5, 5.41) is 5.28. The number of nitrogens with two attached hydrogens (primary N) is 1. The summed E-state index contributed by atoms with van der Waals surface area (Å²) in [6.07, 6.45) is 0. The number of hydrogen-bond donors (Lipinski definition) is 2. The van der Waals surface area contributed by atoms with E-state index in [1.165, 1.54) is 0 Å². The quantitative estimate of drug-likeness (QED) is 0.809. The predicted molar refractivity (Wildman–Crippen MR) is 78.5 cm³/mol. The Morgan fingerprint density at radius 3 is 3.00 bits per heavy atom. The molecule has 1 atom stereocenters. The van der Waals surface area contributed by atoms with Gasteiger partial charge in [0.05, 0.1) is 5.56 Å². The molecule has 0 radical (unpaired) electrons. The topological polar surface area (TPSA) is 61.6 Å². The van der Waals surface area contributed by atoms with Crippen LogP contribution >= 0.6 is 11.3 Å². The van der Waals surface area contributed by atoms with Crippen LogP contribution in [0, 0.1) is 0 Å². The van der Waals surface area contributed by atoms with Gasteiger partial charge in [-0.3, -0.25) is 9.69 Å². The first-order valence-corrected chi connectivity index (χ1v) is 7.41. The maximum Gasteiger partial charge on any atom is 0.249 e. The van der Waals surface area contributed by atoms with Gasteiger partial charge in [-0.1, -0.05) is 0 Å². The van der Waals surface area contributed by atoms with Crippen LogP contribution in [0.25, 0.3) is 0 Å². The predicted octanol–water partition coefficient (Wildman–Crippen LogP) is 0.182. The standard InChI is InChI=1S/C13H22N4OS/c1-16-3-4-17(2)11(8-16)6-15-7-12-5-10(9-19-12)13(14)18/h5,9,11,15H,3-4,6-8H2,1-2H3,(H2,14,18). The number of carbonyl (C=O) groups excluding carboxylic acids is 1. The van der Waals surface area contributed by atoms with E-state index in [0.717, 1.165) is 37.6 Å². The van der Waals surface area contributed by atoms with Crippen molar-refractivity contribution in [1.29, 1.82) is 0 Å². The molecule has 3 N–H and O–H groups in total. The number of nitrogens with one attached hydrogen (secondary N) is 1. The lowest BCUT2D eigenvalue weighted by molar-refractivity contribution is 0.100. The number of rotatable bonds is 5. The van der Waals surface area contributed by atoms with E-state index >= 15 is 0 Å². The number of thiophene rings is 1. The van der Waals surface area contributed by atoms with Gasteiger partial charge in [0, 0.05) is 49.0 Å². The number of piperazine rings is 1. The second-order valence-corrected chi connectivity index (χ2v) is 6.19. The molecular formula is C13H22N4OS. The van der Waals surface area contributed by atoms with E-state index in [2.05, 4.69) is 29.2 Å². The molecule has 1 amide bonds. The van der Waals surface area contributed by atoms with Crippen LogP contribution in [-0.4, -0.2) is 62.0 Å². The normalized spacial score (nSPS) is 21.7. The number of carbonyl (C=O) groups is 1. The van der Waals surface area contributed by atoms with Crippen molar-refractivity contribution < 1.29 is 4.79 Å². The van der Waals surface area contributed by atoms with E-state index in [-0.39, 0.29) is 5.91 Å². The van der Waals surface area contributed by atoms with Crippen LogP contribution in [0.3, 0.4) is 0 Å². The Morgan fingerprint density at radius 1 is 1.53 bits per heavy atom. The van der Waals surface area contributed by atoms with Gasteiger partial charge in [0.15, 0.2) is 0 Å². The van der Waals surface area contributed by atoms with Crippen molar-refractivity contribution in [3.63, 3.8) is 0 Å². The van der Waals surface area contributed by atoms with Crippen LogP contribution in [0.5, 0.6) is 0 Å². The zero-order chi connectivity index (χ0) is 13.8. The summed E-state index contributed by atoms with van der Waals surface area (Å²) in [6, 6.07) is 2.42. The lowest BCUT2D eigenvalue weighted by Crippen LogP contribution is -2.53. The summed E-state index contributed by atoms with van der Waals surface area (Å²) in [4.78, 5) is 16.9. The van der Waals surface area contributed by atoms with Crippen molar-refractivity contribution in [2.75, 3.05) is 40.3 Å². The van der Waals surface area contributed by atoms with Gasteiger partial charge >= 0.3 is 0 Å². The summed E-state index contributed by atoms with van der Waals surface area (Å²) in [7, 11) is 4.34. The number of nitrogens with zero attached hydrogens (tertiary/aromatic N) is 2. The molecular weight excluding hydrogens is 260 g/mol. The third-order valence-corrected chi connectivity index (χ3v) is 4.53. The molecule has 1 saturated heterocycles. The molecule has 1 unspecified atom stereocenters. The van der Waals surface area contributed by atoms with E-state index in [9.17, 15) is 4.79 Å². The Morgan fingerprint density at radius 2 is 2.32 bits per heavy atom. The number of amides is 1. The van der Waals surface area contributed by atoms with Crippen LogP contribution in [-0.2, 0) is 6.54 Å². The van der Waals surface area contributed by atoms with E-state index in [4.69, 9.17) is 5.73 Å². The summed E-state index contributed by atoms with van der Waals surface area (Å²) >= 11 is 1.58. The molecule has 1 aromatic rings. The molecule has 0 bridgehead atoms. The molecule has 6 heteroatoms. The Labute approximate surface area is 118 Å². The monoisotopic (exact) mass is 282 g/mol. The molecule has 0 spiro atoms. The molecule has 106 valence electrons. The highest BCUT2D eigenvalue weighted by atomic mass is 32.1. The second kappa shape index (κ2) is 6.47. The van der Waals surface area contributed by atoms with Crippen molar-refractivity contribution in [3.8, 4) is 0 Å². The number of hydrogen-bond acceptors (Lipinski definition) is 5. The lowest BCUT2D eigenvalue weighted by Gasteiger charge is -2.37. The molecule has 1 aliphatic heterocycles. The SMILES string of the molecule is CN1CCN(C)C(CNCc2cc(C(N)=O)cs2)C1. The summed E-state index contributed by atoms with van der Waals surface area (Å²) in [6.45, 7) is 5.12. The van der Waals surface area contributed by atoms with Crippen LogP contribution in [0.1, 0.15) is 15.2 Å². The van der Waals surface area contributed by atoms with Gasteiger partial charge in [0.1, 0.15) is 0 Å². The lowest BCUT2D eigenvalue weighted by atomic mass is 10.2. The van der Waals surface area contributed by atoms with E-state index in [1.54, 1.807) is 11.3 Å². The molecule has 2 heterocycles. The minimum absolute atomic E-state index is 0.351. The minimum atomic E-state index is -0.351. The number of likely N-dealkylation sites (N-methyl/N-ethyl adjacent to an activating group) is 2. The Kier molecular flexibility index (Phi) is 4.93. The molecule has 0 aliphatic carbocycles. The average Bonchev–Trinajstić information content (AvgIpc) is 2.82. The molecule has 1 aromatic heterocycles. The zero-order valence-electron chi connectivity index (χ0n) is 11.6. The largest absolute Gasteiger partial charge is 0.366 e.